The van der Waals surface area contributed by atoms with Crippen LogP contribution >= 0.6 is 0 Å². The van der Waals surface area contributed by atoms with Crippen molar-refractivity contribution >= 4 is 11.7 Å². The van der Waals surface area contributed by atoms with E-state index in [1.165, 1.54) is 18.5 Å². The number of aromatic nitrogens is 2. The summed E-state index contributed by atoms with van der Waals surface area (Å²) in [4.78, 5) is 15.9. The highest BCUT2D eigenvalue weighted by Gasteiger charge is 2.24. The normalized spacial score (nSPS) is 14.0. The Balaban J connectivity index is 1.66. The molecule has 0 amide bonds. The van der Waals surface area contributed by atoms with Crippen molar-refractivity contribution in [2.75, 3.05) is 11.9 Å². The minimum Gasteiger partial charge on any atom is -0.462 e. The Morgan fingerprint density at radius 1 is 1.48 bits per heavy atom. The summed E-state index contributed by atoms with van der Waals surface area (Å²) in [7, 11) is 0. The van der Waals surface area contributed by atoms with E-state index in [0.29, 0.717) is 24.8 Å². The Kier molecular flexibility index (Phi) is 3.90. The summed E-state index contributed by atoms with van der Waals surface area (Å²) in [6, 6.07) is 8.00. The topological polar surface area (TPSA) is 56.1 Å². The Morgan fingerprint density at radius 2 is 2.33 bits per heavy atom. The maximum Gasteiger partial charge on any atom is 0.338 e. The van der Waals surface area contributed by atoms with Crippen LogP contribution in [0.3, 0.4) is 0 Å². The van der Waals surface area contributed by atoms with Crippen molar-refractivity contribution in [2.24, 2.45) is 0 Å². The number of benzene rings is 1. The molecule has 0 unspecified atom stereocenters. The summed E-state index contributed by atoms with van der Waals surface area (Å²) in [5.74, 6) is -0.288. The second-order valence-corrected chi connectivity index (χ2v) is 5.18. The van der Waals surface area contributed by atoms with Crippen LogP contribution in [0, 0.1) is 0 Å². The van der Waals surface area contributed by atoms with Crippen molar-refractivity contribution in [2.45, 2.75) is 32.4 Å². The highest BCUT2D eigenvalue weighted by Crippen LogP contribution is 2.35. The number of anilines is 1. The molecule has 5 heteroatoms. The lowest BCUT2D eigenvalue weighted by molar-refractivity contribution is 0.0526. The minimum atomic E-state index is -0.288. The van der Waals surface area contributed by atoms with Crippen LogP contribution in [0.4, 0.5) is 5.69 Å². The van der Waals surface area contributed by atoms with Crippen molar-refractivity contribution in [3.8, 4) is 0 Å². The third-order valence-electron chi connectivity index (χ3n) is 3.53. The first-order valence-electron chi connectivity index (χ1n) is 7.29. The van der Waals surface area contributed by atoms with Crippen LogP contribution in [0.1, 0.15) is 41.9 Å². The van der Waals surface area contributed by atoms with Crippen molar-refractivity contribution < 1.29 is 9.53 Å². The van der Waals surface area contributed by atoms with Crippen molar-refractivity contribution in [3.63, 3.8) is 0 Å². The van der Waals surface area contributed by atoms with Crippen LogP contribution in [0.5, 0.6) is 0 Å². The van der Waals surface area contributed by atoms with Gasteiger partial charge >= 0.3 is 5.97 Å². The molecule has 110 valence electrons. The molecule has 1 aliphatic carbocycles. The molecule has 0 saturated heterocycles. The van der Waals surface area contributed by atoms with E-state index in [4.69, 9.17) is 4.74 Å². The number of carbonyl (C=O) groups is 1. The lowest BCUT2D eigenvalue weighted by atomic mass is 10.2. The predicted molar refractivity (Wildman–Crippen MR) is 80.2 cm³/mol. The third kappa shape index (κ3) is 3.24. The molecule has 1 fully saturated rings. The van der Waals surface area contributed by atoms with Gasteiger partial charge in [0.1, 0.15) is 0 Å². The van der Waals surface area contributed by atoms with Crippen LogP contribution < -0.4 is 5.32 Å². The summed E-state index contributed by atoms with van der Waals surface area (Å²) < 4.78 is 7.24. The van der Waals surface area contributed by atoms with Crippen LogP contribution in [0.2, 0.25) is 0 Å². The molecule has 2 aromatic rings. The van der Waals surface area contributed by atoms with Gasteiger partial charge in [-0.2, -0.15) is 0 Å². The van der Waals surface area contributed by atoms with Crippen LogP contribution in [-0.4, -0.2) is 22.1 Å². The molecule has 3 rings (SSSR count). The van der Waals surface area contributed by atoms with Crippen LogP contribution in [-0.2, 0) is 11.3 Å². The fraction of sp³-hybridized carbons (Fsp3) is 0.375. The van der Waals surface area contributed by atoms with E-state index in [1.54, 1.807) is 13.0 Å². The average molecular weight is 285 g/mol. The summed E-state index contributed by atoms with van der Waals surface area (Å²) >= 11 is 0. The molecule has 0 spiro atoms. The SMILES string of the molecule is CCOC(=O)c1cccc(NCc2cncn2C2CC2)c1. The molecule has 1 N–H and O–H groups in total. The van der Waals surface area contributed by atoms with Crippen molar-refractivity contribution in [1.29, 1.82) is 0 Å². The molecule has 5 nitrogen and oxygen atoms in total. The lowest BCUT2D eigenvalue weighted by Gasteiger charge is -2.10. The Bertz CT molecular complexity index is 632. The summed E-state index contributed by atoms with van der Waals surface area (Å²) in [6.07, 6.45) is 6.26. The molecule has 1 aromatic heterocycles. The van der Waals surface area contributed by atoms with Gasteiger partial charge in [-0.1, -0.05) is 6.07 Å². The van der Waals surface area contributed by atoms with Crippen LogP contribution in [0.15, 0.2) is 36.8 Å². The Morgan fingerprint density at radius 3 is 3.10 bits per heavy atom. The number of nitrogens with zero attached hydrogens (tertiary/aromatic N) is 2. The van der Waals surface area contributed by atoms with Gasteiger partial charge in [0.15, 0.2) is 0 Å². The predicted octanol–water partition coefficient (Wildman–Crippen LogP) is 3.01. The Labute approximate surface area is 124 Å². The molecule has 21 heavy (non-hydrogen) atoms. The second kappa shape index (κ2) is 5.99. The molecular weight excluding hydrogens is 266 g/mol. The zero-order chi connectivity index (χ0) is 14.7. The van der Waals surface area contributed by atoms with Gasteiger partial charge in [-0.15, -0.1) is 0 Å². The van der Waals surface area contributed by atoms with Crippen molar-refractivity contribution in [1.82, 2.24) is 9.55 Å². The van der Waals surface area contributed by atoms with Gasteiger partial charge in [-0.3, -0.25) is 0 Å². The molecule has 0 atom stereocenters. The molecule has 1 aromatic carbocycles. The fourth-order valence-corrected chi connectivity index (χ4v) is 2.31. The van der Waals surface area contributed by atoms with Gasteiger partial charge in [0.05, 0.1) is 30.7 Å². The number of hydrogen-bond donors (Lipinski definition) is 1. The average Bonchev–Trinajstić information content (AvgIpc) is 3.24. The number of carbonyl (C=O) groups excluding carboxylic acids is 1. The van der Waals surface area contributed by atoms with Crippen molar-refractivity contribution in [3.05, 3.63) is 48.0 Å². The fourth-order valence-electron chi connectivity index (χ4n) is 2.31. The van der Waals surface area contributed by atoms with Gasteiger partial charge in [0, 0.05) is 17.9 Å². The van der Waals surface area contributed by atoms with E-state index in [2.05, 4.69) is 14.9 Å². The summed E-state index contributed by atoms with van der Waals surface area (Å²) in [6.45, 7) is 2.89. The molecule has 0 bridgehead atoms. The maximum absolute atomic E-state index is 11.7. The zero-order valence-corrected chi connectivity index (χ0v) is 12.1. The quantitative estimate of drug-likeness (QED) is 0.829. The first-order chi connectivity index (χ1) is 10.3. The molecule has 1 saturated carbocycles. The standard InChI is InChI=1S/C16H19N3O2/c1-2-21-16(20)12-4-3-5-13(8-12)18-10-15-9-17-11-19(15)14-6-7-14/h3-5,8-9,11,14,18H,2,6-7,10H2,1H3. The molecular formula is C16H19N3O2. The van der Waals surface area contributed by atoms with E-state index in [0.717, 1.165) is 5.69 Å². The van der Waals surface area contributed by atoms with Crippen LogP contribution in [0.25, 0.3) is 0 Å². The zero-order valence-electron chi connectivity index (χ0n) is 12.1. The monoisotopic (exact) mass is 285 g/mol. The summed E-state index contributed by atoms with van der Waals surface area (Å²) in [5.41, 5.74) is 2.64. The first-order valence-corrected chi connectivity index (χ1v) is 7.29. The number of imidazole rings is 1. The molecule has 0 radical (unpaired) electrons. The number of rotatable bonds is 6. The molecule has 1 heterocycles. The number of ether oxygens (including phenoxy) is 1. The largest absolute Gasteiger partial charge is 0.462 e. The number of esters is 1. The van der Waals surface area contributed by atoms with Gasteiger partial charge in [-0.05, 0) is 38.0 Å². The van der Waals surface area contributed by atoms with Gasteiger partial charge in [-0.25, -0.2) is 9.78 Å². The van der Waals surface area contributed by atoms with E-state index >= 15 is 0 Å². The van der Waals surface area contributed by atoms with Gasteiger partial charge in [0.25, 0.3) is 0 Å². The summed E-state index contributed by atoms with van der Waals surface area (Å²) in [5, 5.41) is 3.34. The molecule has 1 aliphatic rings. The maximum atomic E-state index is 11.7. The van der Waals surface area contributed by atoms with E-state index in [1.807, 2.05) is 30.7 Å². The minimum absolute atomic E-state index is 0.288. The first kappa shape index (κ1) is 13.7. The van der Waals surface area contributed by atoms with Gasteiger partial charge < -0.3 is 14.6 Å². The third-order valence-corrected chi connectivity index (χ3v) is 3.53. The smallest absolute Gasteiger partial charge is 0.338 e. The van der Waals surface area contributed by atoms with E-state index in [9.17, 15) is 4.79 Å². The highest BCUT2D eigenvalue weighted by molar-refractivity contribution is 5.90. The van der Waals surface area contributed by atoms with E-state index in [-0.39, 0.29) is 5.97 Å². The van der Waals surface area contributed by atoms with Gasteiger partial charge in [0.2, 0.25) is 0 Å². The second-order valence-electron chi connectivity index (χ2n) is 5.18. The number of hydrogen-bond acceptors (Lipinski definition) is 4. The molecule has 0 aliphatic heterocycles. The number of nitrogens with one attached hydrogen (secondary N) is 1. The highest BCUT2D eigenvalue weighted by atomic mass is 16.5. The Hall–Kier alpha value is -2.30. The van der Waals surface area contributed by atoms with E-state index < -0.39 is 0 Å². The lowest BCUT2D eigenvalue weighted by Crippen LogP contribution is -2.08.